The van der Waals surface area contributed by atoms with Crippen molar-refractivity contribution in [2.45, 2.75) is 19.3 Å². The van der Waals surface area contributed by atoms with E-state index in [1.54, 1.807) is 22.8 Å². The average molecular weight is 434 g/mol. The van der Waals surface area contributed by atoms with E-state index in [9.17, 15) is 9.90 Å². The van der Waals surface area contributed by atoms with Gasteiger partial charge in [0.2, 0.25) is 0 Å². The zero-order valence-corrected chi connectivity index (χ0v) is 17.6. The molecule has 3 aromatic rings. The van der Waals surface area contributed by atoms with Gasteiger partial charge in [-0.3, -0.25) is 4.79 Å². The van der Waals surface area contributed by atoms with E-state index in [1.807, 2.05) is 12.1 Å². The van der Waals surface area contributed by atoms with Gasteiger partial charge in [-0.15, -0.1) is 0 Å². The number of carbonyl (C=O) groups is 1. The number of phenols is 1. The van der Waals surface area contributed by atoms with Crippen molar-refractivity contribution in [1.82, 2.24) is 19.9 Å². The van der Waals surface area contributed by atoms with Gasteiger partial charge in [-0.05, 0) is 49.0 Å². The van der Waals surface area contributed by atoms with Crippen LogP contribution in [0, 0.1) is 0 Å². The summed E-state index contributed by atoms with van der Waals surface area (Å²) in [6.07, 6.45) is 8.04. The predicted octanol–water partition coefficient (Wildman–Crippen LogP) is 2.76. The molecule has 0 saturated carbocycles. The van der Waals surface area contributed by atoms with E-state index in [4.69, 9.17) is 19.4 Å². The number of hydrogen-bond acceptors (Lipinski definition) is 5. The molecule has 0 fully saturated rings. The molecule has 156 valence electrons. The zero-order chi connectivity index (χ0) is 21.8. The Labute approximate surface area is 186 Å². The summed E-state index contributed by atoms with van der Waals surface area (Å²) in [7, 11) is 6.05. The maximum atomic E-state index is 12.1. The Morgan fingerprint density at radius 2 is 2.06 bits per heavy atom. The van der Waals surface area contributed by atoms with Crippen molar-refractivity contribution in [3.05, 3.63) is 65.0 Å². The van der Waals surface area contributed by atoms with Gasteiger partial charge in [0.05, 0.1) is 5.69 Å². The molecule has 1 aliphatic rings. The number of carbonyl (C=O) groups excluding carboxylic acids is 1. The number of phenolic OH excluding ortho intramolecular Hbond substituents is 1. The van der Waals surface area contributed by atoms with Gasteiger partial charge >= 0.3 is 0 Å². The smallest absolute Gasteiger partial charge is 0.251 e. The first-order chi connectivity index (χ1) is 15.0. The number of benzene rings is 1. The minimum atomic E-state index is -0.181. The normalized spacial score (nSPS) is 13.6. The topological polar surface area (TPSA) is 91.5 Å². The standard InChI is InChI=1S/C22H21BClN5O2/c23-17-13-27-29-20(12-19(28-21(17)29)16-4-1-2-5-18(16)24)25-10-3-11-26-22(31)14-6-8-15(30)9-7-14/h1,4,6-9,12-13,25,30H,2-3,5,10-11H2,(H,26,31). The fourth-order valence-electron chi connectivity index (χ4n) is 3.33. The number of nitrogens with zero attached hydrogens (tertiary/aromatic N) is 3. The molecule has 2 heterocycles. The quantitative estimate of drug-likeness (QED) is 0.394. The summed E-state index contributed by atoms with van der Waals surface area (Å²) in [6.45, 7) is 1.10. The molecule has 1 aliphatic carbocycles. The molecule has 0 bridgehead atoms. The molecule has 2 radical (unpaired) electrons. The largest absolute Gasteiger partial charge is 0.508 e. The van der Waals surface area contributed by atoms with Gasteiger partial charge in [0.25, 0.3) is 5.91 Å². The summed E-state index contributed by atoms with van der Waals surface area (Å²) in [5, 5.41) is 20.6. The summed E-state index contributed by atoms with van der Waals surface area (Å²) in [6, 6.07) is 8.05. The van der Waals surface area contributed by atoms with Gasteiger partial charge in [-0.25, -0.2) is 4.98 Å². The second kappa shape index (κ2) is 9.26. The average Bonchev–Trinajstić information content (AvgIpc) is 3.15. The number of anilines is 1. The lowest BCUT2D eigenvalue weighted by molar-refractivity contribution is 0.0953. The van der Waals surface area contributed by atoms with Crippen molar-refractivity contribution in [3.8, 4) is 5.75 Å². The predicted molar refractivity (Wildman–Crippen MR) is 123 cm³/mol. The Kier molecular flexibility index (Phi) is 6.27. The van der Waals surface area contributed by atoms with Crippen molar-refractivity contribution in [2.75, 3.05) is 18.4 Å². The van der Waals surface area contributed by atoms with Crippen molar-refractivity contribution in [2.24, 2.45) is 0 Å². The highest BCUT2D eigenvalue weighted by Crippen LogP contribution is 2.30. The van der Waals surface area contributed by atoms with Crippen LogP contribution in [0.15, 0.2) is 53.7 Å². The lowest BCUT2D eigenvalue weighted by Crippen LogP contribution is -2.26. The van der Waals surface area contributed by atoms with Crippen LogP contribution >= 0.6 is 11.6 Å². The first-order valence-corrected chi connectivity index (χ1v) is 10.4. The Hall–Kier alpha value is -3.26. The third-order valence-corrected chi connectivity index (χ3v) is 5.35. The molecular weight excluding hydrogens is 413 g/mol. The van der Waals surface area contributed by atoms with E-state index in [-0.39, 0.29) is 11.7 Å². The number of nitrogens with one attached hydrogen (secondary N) is 2. The molecule has 2 aromatic heterocycles. The SMILES string of the molecule is [B]c1cnn2c(NCCCNC(=O)c3ccc(O)cc3)cc(C3=C(Cl)CCC=C3)nc12. The van der Waals surface area contributed by atoms with Crippen LogP contribution in [-0.2, 0) is 0 Å². The van der Waals surface area contributed by atoms with E-state index >= 15 is 0 Å². The molecule has 1 amide bonds. The molecule has 9 heteroatoms. The second-order valence-corrected chi connectivity index (χ2v) is 7.66. The molecule has 4 rings (SSSR count). The Balaban J connectivity index is 1.42. The first-order valence-electron chi connectivity index (χ1n) is 10.0. The van der Waals surface area contributed by atoms with Crippen molar-refractivity contribution < 1.29 is 9.90 Å². The monoisotopic (exact) mass is 433 g/mol. The molecule has 0 aliphatic heterocycles. The molecule has 0 atom stereocenters. The maximum absolute atomic E-state index is 12.1. The molecule has 7 nitrogen and oxygen atoms in total. The number of halogens is 1. The van der Waals surface area contributed by atoms with Crippen LogP contribution in [0.4, 0.5) is 5.82 Å². The van der Waals surface area contributed by atoms with Gasteiger partial charge < -0.3 is 15.7 Å². The number of aromatic nitrogens is 3. The van der Waals surface area contributed by atoms with Crippen LogP contribution in [0.2, 0.25) is 0 Å². The number of rotatable bonds is 7. The molecular formula is C22H21BClN5O2. The minimum Gasteiger partial charge on any atom is -0.508 e. The van der Waals surface area contributed by atoms with Crippen molar-refractivity contribution in [3.63, 3.8) is 0 Å². The molecule has 31 heavy (non-hydrogen) atoms. The third kappa shape index (κ3) is 4.75. The lowest BCUT2D eigenvalue weighted by Gasteiger charge is -2.14. The first kappa shape index (κ1) is 21.0. The van der Waals surface area contributed by atoms with Gasteiger partial charge in [-0.2, -0.15) is 9.61 Å². The fourth-order valence-corrected chi connectivity index (χ4v) is 3.59. The fraction of sp³-hybridized carbons (Fsp3) is 0.227. The summed E-state index contributed by atoms with van der Waals surface area (Å²) in [4.78, 5) is 16.8. The van der Waals surface area contributed by atoms with Crippen molar-refractivity contribution >= 4 is 47.9 Å². The van der Waals surface area contributed by atoms with E-state index in [1.165, 1.54) is 12.1 Å². The van der Waals surface area contributed by atoms with E-state index in [0.717, 1.165) is 35.0 Å². The van der Waals surface area contributed by atoms with Crippen LogP contribution < -0.4 is 16.1 Å². The van der Waals surface area contributed by atoms with Crippen LogP contribution in [0.5, 0.6) is 5.75 Å². The number of hydrogen-bond donors (Lipinski definition) is 3. The molecule has 0 unspecified atom stereocenters. The van der Waals surface area contributed by atoms with E-state index in [2.05, 4.69) is 26.8 Å². The Morgan fingerprint density at radius 3 is 2.84 bits per heavy atom. The second-order valence-electron chi connectivity index (χ2n) is 7.20. The molecule has 0 spiro atoms. The number of aromatic hydroxyl groups is 1. The zero-order valence-electron chi connectivity index (χ0n) is 16.8. The van der Waals surface area contributed by atoms with Crippen LogP contribution in [-0.4, -0.2) is 46.5 Å². The molecule has 0 saturated heterocycles. The number of amides is 1. The summed E-state index contributed by atoms with van der Waals surface area (Å²) in [5.74, 6) is 0.695. The Morgan fingerprint density at radius 1 is 1.26 bits per heavy atom. The van der Waals surface area contributed by atoms with Crippen LogP contribution in [0.3, 0.4) is 0 Å². The summed E-state index contributed by atoms with van der Waals surface area (Å²) < 4.78 is 1.66. The highest BCUT2D eigenvalue weighted by Gasteiger charge is 2.15. The molecule has 3 N–H and O–H groups in total. The highest BCUT2D eigenvalue weighted by molar-refractivity contribution is 6.36. The summed E-state index contributed by atoms with van der Waals surface area (Å²) in [5.41, 5.74) is 3.19. The van der Waals surface area contributed by atoms with Gasteiger partial charge in [-0.1, -0.05) is 23.8 Å². The highest BCUT2D eigenvalue weighted by atomic mass is 35.5. The maximum Gasteiger partial charge on any atom is 0.251 e. The number of fused-ring (bicyclic) bond motifs is 1. The third-order valence-electron chi connectivity index (χ3n) is 4.96. The lowest BCUT2D eigenvalue weighted by atomic mass is 10.00. The van der Waals surface area contributed by atoms with Gasteiger partial charge in [0, 0.05) is 41.5 Å². The van der Waals surface area contributed by atoms with Crippen LogP contribution in [0.1, 0.15) is 35.3 Å². The van der Waals surface area contributed by atoms with E-state index < -0.39 is 0 Å². The van der Waals surface area contributed by atoms with E-state index in [0.29, 0.717) is 36.2 Å². The number of allylic oxidation sites excluding steroid dienone is 4. The Bertz CT molecular complexity index is 1170. The van der Waals surface area contributed by atoms with Crippen molar-refractivity contribution in [1.29, 1.82) is 0 Å². The minimum absolute atomic E-state index is 0.129. The summed E-state index contributed by atoms with van der Waals surface area (Å²) >= 11 is 6.43. The van der Waals surface area contributed by atoms with Gasteiger partial charge in [0.15, 0.2) is 5.65 Å². The molecule has 1 aromatic carbocycles. The van der Waals surface area contributed by atoms with Gasteiger partial charge in [0.1, 0.15) is 19.4 Å². The van der Waals surface area contributed by atoms with Crippen LogP contribution in [0.25, 0.3) is 11.2 Å².